The second-order valence-electron chi connectivity index (χ2n) is 4.75. The molecule has 2 aromatic rings. The largest absolute Gasteiger partial charge is 0.373 e. The molecule has 0 fully saturated rings. The lowest BCUT2D eigenvalue weighted by Crippen LogP contribution is -2.12. The Morgan fingerprint density at radius 3 is 2.90 bits per heavy atom. The number of fused-ring (bicyclic) bond motifs is 1. The van der Waals surface area contributed by atoms with E-state index in [-0.39, 0.29) is 0 Å². The van der Waals surface area contributed by atoms with Gasteiger partial charge in [0.05, 0.1) is 11.6 Å². The van der Waals surface area contributed by atoms with Gasteiger partial charge in [0.2, 0.25) is 0 Å². The molecule has 110 valence electrons. The topological polar surface area (TPSA) is 90.9 Å². The van der Waals surface area contributed by atoms with Crippen molar-refractivity contribution in [2.24, 2.45) is 12.9 Å². The number of hydrogen-bond acceptors (Lipinski definition) is 6. The van der Waals surface area contributed by atoms with Gasteiger partial charge >= 0.3 is 0 Å². The minimum Gasteiger partial charge on any atom is -0.373 e. The molecular weight excluding hydrogens is 256 g/mol. The SMILES string of the molecule is CCCCCCOCc1nc(NN)c2cnn(C)c2n1. The molecule has 3 N–H and O–H groups in total. The lowest BCUT2D eigenvalue weighted by Gasteiger charge is -2.06. The van der Waals surface area contributed by atoms with Gasteiger partial charge in [-0.3, -0.25) is 4.68 Å². The highest BCUT2D eigenvalue weighted by molar-refractivity contribution is 5.86. The average Bonchev–Trinajstić information content (AvgIpc) is 2.84. The van der Waals surface area contributed by atoms with Crippen LogP contribution < -0.4 is 11.3 Å². The normalized spacial score (nSPS) is 11.2. The number of nitrogens with one attached hydrogen (secondary N) is 1. The van der Waals surface area contributed by atoms with Gasteiger partial charge in [0, 0.05) is 13.7 Å². The summed E-state index contributed by atoms with van der Waals surface area (Å²) < 4.78 is 7.30. The van der Waals surface area contributed by atoms with Gasteiger partial charge in [-0.15, -0.1) is 0 Å². The van der Waals surface area contributed by atoms with E-state index in [1.807, 2.05) is 7.05 Å². The van der Waals surface area contributed by atoms with Gasteiger partial charge in [-0.2, -0.15) is 5.10 Å². The molecule has 0 aliphatic carbocycles. The molecule has 7 nitrogen and oxygen atoms in total. The van der Waals surface area contributed by atoms with E-state index in [9.17, 15) is 0 Å². The Hall–Kier alpha value is -1.73. The standard InChI is InChI=1S/C13H22N6O/c1-3-4-5-6-7-20-9-11-16-12(18-14)10-8-15-19(2)13(10)17-11/h8H,3-7,9,14H2,1-2H3,(H,16,17,18). The predicted molar refractivity (Wildman–Crippen MR) is 77.9 cm³/mol. The monoisotopic (exact) mass is 278 g/mol. The first kappa shape index (κ1) is 14.7. The molecule has 0 radical (unpaired) electrons. The number of ether oxygens (including phenoxy) is 1. The average molecular weight is 278 g/mol. The molecule has 0 atom stereocenters. The molecule has 7 heteroatoms. The summed E-state index contributed by atoms with van der Waals surface area (Å²) in [4.78, 5) is 8.79. The second kappa shape index (κ2) is 7.16. The molecule has 2 heterocycles. The summed E-state index contributed by atoms with van der Waals surface area (Å²) in [6, 6.07) is 0. The summed E-state index contributed by atoms with van der Waals surface area (Å²) in [6.45, 7) is 3.32. The zero-order valence-electron chi connectivity index (χ0n) is 12.1. The van der Waals surface area contributed by atoms with Crippen LogP contribution in [0.5, 0.6) is 0 Å². The van der Waals surface area contributed by atoms with Crippen LogP contribution in [0.1, 0.15) is 38.4 Å². The molecule has 2 aromatic heterocycles. The van der Waals surface area contributed by atoms with E-state index in [1.165, 1.54) is 19.3 Å². The van der Waals surface area contributed by atoms with Crippen LogP contribution in [0.4, 0.5) is 5.82 Å². The van der Waals surface area contributed by atoms with E-state index in [0.717, 1.165) is 24.1 Å². The zero-order valence-corrected chi connectivity index (χ0v) is 12.1. The fraction of sp³-hybridized carbons (Fsp3) is 0.615. The van der Waals surface area contributed by atoms with Crippen LogP contribution in [-0.2, 0) is 18.4 Å². The van der Waals surface area contributed by atoms with Crippen molar-refractivity contribution >= 4 is 16.9 Å². The molecule has 0 saturated heterocycles. The first-order valence-electron chi connectivity index (χ1n) is 6.99. The maximum absolute atomic E-state index is 5.61. The van der Waals surface area contributed by atoms with E-state index in [4.69, 9.17) is 10.6 Å². The van der Waals surface area contributed by atoms with Crippen molar-refractivity contribution in [1.82, 2.24) is 19.7 Å². The van der Waals surface area contributed by atoms with Crippen molar-refractivity contribution in [1.29, 1.82) is 0 Å². The number of nitrogens with two attached hydrogens (primary N) is 1. The van der Waals surface area contributed by atoms with E-state index in [1.54, 1.807) is 10.9 Å². The number of anilines is 1. The van der Waals surface area contributed by atoms with Gasteiger partial charge in [0.25, 0.3) is 0 Å². The van der Waals surface area contributed by atoms with E-state index in [0.29, 0.717) is 18.2 Å². The molecule has 0 unspecified atom stereocenters. The first-order chi connectivity index (χ1) is 9.76. The van der Waals surface area contributed by atoms with E-state index < -0.39 is 0 Å². The number of rotatable bonds is 8. The highest BCUT2D eigenvalue weighted by Gasteiger charge is 2.10. The summed E-state index contributed by atoms with van der Waals surface area (Å²) in [5, 5.41) is 4.96. The van der Waals surface area contributed by atoms with Crippen molar-refractivity contribution in [2.45, 2.75) is 39.2 Å². The Balaban J connectivity index is 1.98. The fourth-order valence-corrected chi connectivity index (χ4v) is 2.04. The third kappa shape index (κ3) is 3.43. The quantitative estimate of drug-likeness (QED) is 0.434. The third-order valence-corrected chi connectivity index (χ3v) is 3.15. The van der Waals surface area contributed by atoms with Gasteiger partial charge in [0.15, 0.2) is 17.3 Å². The second-order valence-corrected chi connectivity index (χ2v) is 4.75. The van der Waals surface area contributed by atoms with Gasteiger partial charge < -0.3 is 10.2 Å². The van der Waals surface area contributed by atoms with Crippen molar-refractivity contribution in [3.8, 4) is 0 Å². The number of nitrogen functional groups attached to an aromatic ring is 1. The summed E-state index contributed by atoms with van der Waals surface area (Å²) in [5.74, 6) is 6.68. The van der Waals surface area contributed by atoms with Crippen LogP contribution in [0.3, 0.4) is 0 Å². The molecule has 0 aromatic carbocycles. The first-order valence-corrected chi connectivity index (χ1v) is 6.99. The third-order valence-electron chi connectivity index (χ3n) is 3.15. The molecular formula is C13H22N6O. The molecule has 0 amide bonds. The molecule has 2 rings (SSSR count). The van der Waals surface area contributed by atoms with Crippen molar-refractivity contribution in [2.75, 3.05) is 12.0 Å². The zero-order chi connectivity index (χ0) is 14.4. The lowest BCUT2D eigenvalue weighted by molar-refractivity contribution is 0.112. The summed E-state index contributed by atoms with van der Waals surface area (Å²) in [7, 11) is 1.84. The minimum absolute atomic E-state index is 0.391. The van der Waals surface area contributed by atoms with Crippen molar-refractivity contribution in [3.05, 3.63) is 12.0 Å². The van der Waals surface area contributed by atoms with Crippen LogP contribution >= 0.6 is 0 Å². The minimum atomic E-state index is 0.391. The van der Waals surface area contributed by atoms with Gasteiger partial charge in [-0.1, -0.05) is 26.2 Å². The Morgan fingerprint density at radius 2 is 2.15 bits per heavy atom. The Morgan fingerprint density at radius 1 is 1.30 bits per heavy atom. The number of unbranched alkanes of at least 4 members (excludes halogenated alkanes) is 3. The predicted octanol–water partition coefficient (Wildman–Crippen LogP) is 1.75. The smallest absolute Gasteiger partial charge is 0.163 e. The maximum Gasteiger partial charge on any atom is 0.163 e. The Bertz CT molecular complexity index is 553. The molecule has 0 aliphatic heterocycles. The molecule has 0 spiro atoms. The van der Waals surface area contributed by atoms with Gasteiger partial charge in [-0.25, -0.2) is 15.8 Å². The summed E-state index contributed by atoms with van der Waals surface area (Å²) >= 11 is 0. The Labute approximate surface area is 118 Å². The van der Waals surface area contributed by atoms with Crippen molar-refractivity contribution in [3.63, 3.8) is 0 Å². The van der Waals surface area contributed by atoms with Gasteiger partial charge in [0.1, 0.15) is 6.61 Å². The fourth-order valence-electron chi connectivity index (χ4n) is 2.04. The molecule has 20 heavy (non-hydrogen) atoms. The highest BCUT2D eigenvalue weighted by atomic mass is 16.5. The number of hydrazine groups is 1. The van der Waals surface area contributed by atoms with Crippen LogP contribution in [0.2, 0.25) is 0 Å². The number of hydrogen-bond donors (Lipinski definition) is 2. The van der Waals surface area contributed by atoms with Crippen LogP contribution in [0, 0.1) is 0 Å². The lowest BCUT2D eigenvalue weighted by atomic mass is 10.2. The summed E-state index contributed by atoms with van der Waals surface area (Å²) in [5.41, 5.74) is 3.33. The number of aryl methyl sites for hydroxylation is 1. The Kier molecular flexibility index (Phi) is 5.25. The number of nitrogens with zero attached hydrogens (tertiary/aromatic N) is 4. The van der Waals surface area contributed by atoms with E-state index >= 15 is 0 Å². The van der Waals surface area contributed by atoms with E-state index in [2.05, 4.69) is 27.4 Å². The summed E-state index contributed by atoms with van der Waals surface area (Å²) in [6.07, 6.45) is 6.45. The highest BCUT2D eigenvalue weighted by Crippen LogP contribution is 2.18. The van der Waals surface area contributed by atoms with Crippen LogP contribution in [-0.4, -0.2) is 26.4 Å². The van der Waals surface area contributed by atoms with Crippen molar-refractivity contribution < 1.29 is 4.74 Å². The molecule has 0 bridgehead atoms. The van der Waals surface area contributed by atoms with Crippen LogP contribution in [0.15, 0.2) is 6.20 Å². The molecule has 0 aliphatic rings. The molecule has 0 saturated carbocycles. The maximum atomic E-state index is 5.61. The van der Waals surface area contributed by atoms with Crippen LogP contribution in [0.25, 0.3) is 11.0 Å². The number of aromatic nitrogens is 4. The van der Waals surface area contributed by atoms with Gasteiger partial charge in [-0.05, 0) is 6.42 Å².